The largest absolute Gasteiger partial charge is 0.441 e. The van der Waals surface area contributed by atoms with Gasteiger partial charge in [0.25, 0.3) is 0 Å². The molecule has 0 N–H and O–H groups in total. The molecular weight excluding hydrogens is 397 g/mol. The first kappa shape index (κ1) is 18.6. The predicted octanol–water partition coefficient (Wildman–Crippen LogP) is 6.69. The van der Waals surface area contributed by atoms with Crippen molar-refractivity contribution in [2.45, 2.75) is 20.3 Å². The lowest BCUT2D eigenvalue weighted by molar-refractivity contribution is 0.524. The van der Waals surface area contributed by atoms with E-state index in [4.69, 9.17) is 14.4 Å². The van der Waals surface area contributed by atoms with E-state index >= 15 is 0 Å². The molecule has 3 aromatic heterocycles. The summed E-state index contributed by atoms with van der Waals surface area (Å²) in [5.41, 5.74) is 4.73. The van der Waals surface area contributed by atoms with E-state index in [0.717, 1.165) is 50.6 Å². The van der Waals surface area contributed by atoms with Gasteiger partial charge >= 0.3 is 0 Å². The first-order valence-corrected chi connectivity index (χ1v) is 10.5. The third kappa shape index (κ3) is 3.39. The number of hydrogen-bond acceptors (Lipinski definition) is 5. The zero-order chi connectivity index (χ0) is 20.7. The summed E-state index contributed by atoms with van der Waals surface area (Å²) in [4.78, 5) is 16.4. The molecule has 0 bridgehead atoms. The van der Waals surface area contributed by atoms with E-state index in [0.29, 0.717) is 5.89 Å². The van der Waals surface area contributed by atoms with E-state index in [-0.39, 0.29) is 5.82 Å². The highest BCUT2D eigenvalue weighted by molar-refractivity contribution is 7.15. The Morgan fingerprint density at radius 2 is 1.67 bits per heavy atom. The maximum absolute atomic E-state index is 13.5. The van der Waals surface area contributed by atoms with Gasteiger partial charge in [-0.1, -0.05) is 6.92 Å². The second-order valence-electron chi connectivity index (χ2n) is 7.03. The zero-order valence-corrected chi connectivity index (χ0v) is 17.3. The number of fused-ring (bicyclic) bond motifs is 1. The number of thiophene rings is 1. The van der Waals surface area contributed by atoms with Crippen molar-refractivity contribution in [3.63, 3.8) is 0 Å². The zero-order valence-electron chi connectivity index (χ0n) is 16.5. The Kier molecular flexibility index (Phi) is 4.64. The number of oxazole rings is 1. The molecule has 5 rings (SSSR count). The fraction of sp³-hybridized carbons (Fsp3) is 0.125. The van der Waals surface area contributed by atoms with Crippen LogP contribution in [0.4, 0.5) is 4.39 Å². The summed E-state index contributed by atoms with van der Waals surface area (Å²) < 4.78 is 19.3. The second kappa shape index (κ2) is 7.46. The molecule has 0 spiro atoms. The van der Waals surface area contributed by atoms with Gasteiger partial charge in [0, 0.05) is 22.4 Å². The van der Waals surface area contributed by atoms with Crippen LogP contribution in [0.3, 0.4) is 0 Å². The van der Waals surface area contributed by atoms with Crippen molar-refractivity contribution in [3.8, 4) is 33.3 Å². The van der Waals surface area contributed by atoms with Crippen molar-refractivity contribution >= 4 is 22.4 Å². The van der Waals surface area contributed by atoms with Gasteiger partial charge in [-0.05, 0) is 61.5 Å². The van der Waals surface area contributed by atoms with Gasteiger partial charge in [0.2, 0.25) is 5.89 Å². The Balaban J connectivity index is 1.70. The second-order valence-corrected chi connectivity index (χ2v) is 8.31. The summed E-state index contributed by atoms with van der Waals surface area (Å²) in [7, 11) is 0. The lowest BCUT2D eigenvalue weighted by Gasteiger charge is -2.10. The molecule has 0 fully saturated rings. The molecule has 6 heteroatoms. The number of nitrogens with zero attached hydrogens (tertiary/aromatic N) is 3. The van der Waals surface area contributed by atoms with Crippen LogP contribution in [0, 0.1) is 12.7 Å². The fourth-order valence-electron chi connectivity index (χ4n) is 3.33. The maximum Gasteiger partial charge on any atom is 0.226 e. The quantitative estimate of drug-likeness (QED) is 0.328. The summed E-state index contributed by atoms with van der Waals surface area (Å²) in [5.74, 6) is 1.15. The maximum atomic E-state index is 13.5. The molecule has 5 aromatic rings. The number of hydrogen-bond donors (Lipinski definition) is 0. The number of rotatable bonds is 4. The molecule has 0 aliphatic carbocycles. The first-order valence-electron chi connectivity index (χ1n) is 9.70. The molecule has 0 unspecified atom stereocenters. The third-order valence-corrected chi connectivity index (χ3v) is 5.91. The molecule has 30 heavy (non-hydrogen) atoms. The van der Waals surface area contributed by atoms with Crippen LogP contribution < -0.4 is 0 Å². The van der Waals surface area contributed by atoms with E-state index in [1.165, 1.54) is 17.0 Å². The monoisotopic (exact) mass is 415 g/mol. The first-order chi connectivity index (χ1) is 14.6. The molecule has 0 saturated carbocycles. The standard InChI is InChI=1S/C24H18FN3OS/c1-3-18-13-26-24(29-18)16-7-10-19-20(12-16)28-23(21-11-4-14(2)30-21)22(27-19)15-5-8-17(25)9-6-15/h4-13H,3H2,1-2H3. The van der Waals surface area contributed by atoms with Crippen LogP contribution in [0.1, 0.15) is 17.6 Å². The van der Waals surface area contributed by atoms with Crippen LogP contribution in [-0.4, -0.2) is 15.0 Å². The van der Waals surface area contributed by atoms with Crippen molar-refractivity contribution < 1.29 is 8.81 Å². The Bertz CT molecular complexity index is 1350. The molecule has 0 atom stereocenters. The highest BCUT2D eigenvalue weighted by Crippen LogP contribution is 2.35. The minimum atomic E-state index is -0.275. The highest BCUT2D eigenvalue weighted by atomic mass is 32.1. The molecule has 0 saturated heterocycles. The van der Waals surface area contributed by atoms with E-state index in [1.54, 1.807) is 29.7 Å². The van der Waals surface area contributed by atoms with Gasteiger partial charge in [-0.2, -0.15) is 0 Å². The summed E-state index contributed by atoms with van der Waals surface area (Å²) >= 11 is 1.66. The van der Waals surface area contributed by atoms with E-state index in [1.807, 2.05) is 31.2 Å². The highest BCUT2D eigenvalue weighted by Gasteiger charge is 2.16. The smallest absolute Gasteiger partial charge is 0.226 e. The van der Waals surface area contributed by atoms with Crippen LogP contribution in [-0.2, 0) is 6.42 Å². The molecule has 0 amide bonds. The average molecular weight is 415 g/mol. The number of aromatic nitrogens is 3. The fourth-order valence-corrected chi connectivity index (χ4v) is 4.19. The molecule has 0 aliphatic rings. The molecule has 2 aromatic carbocycles. The van der Waals surface area contributed by atoms with Crippen LogP contribution in [0.5, 0.6) is 0 Å². The molecule has 3 heterocycles. The van der Waals surface area contributed by atoms with Gasteiger partial charge in [0.1, 0.15) is 17.3 Å². The molecule has 4 nitrogen and oxygen atoms in total. The van der Waals surface area contributed by atoms with Gasteiger partial charge in [-0.15, -0.1) is 11.3 Å². The van der Waals surface area contributed by atoms with Crippen molar-refractivity contribution in [2.24, 2.45) is 0 Å². The molecule has 0 radical (unpaired) electrons. The van der Waals surface area contributed by atoms with Crippen LogP contribution in [0.25, 0.3) is 44.3 Å². The molecule has 0 aliphatic heterocycles. The van der Waals surface area contributed by atoms with Crippen LogP contribution >= 0.6 is 11.3 Å². The van der Waals surface area contributed by atoms with Crippen LogP contribution in [0.15, 0.2) is 65.2 Å². The normalized spacial score (nSPS) is 11.3. The van der Waals surface area contributed by atoms with Gasteiger partial charge in [-0.3, -0.25) is 0 Å². The lowest BCUT2D eigenvalue weighted by atomic mass is 10.1. The number of halogens is 1. The van der Waals surface area contributed by atoms with Gasteiger partial charge in [-0.25, -0.2) is 19.3 Å². The minimum Gasteiger partial charge on any atom is -0.441 e. The van der Waals surface area contributed by atoms with Gasteiger partial charge < -0.3 is 4.42 Å². The minimum absolute atomic E-state index is 0.275. The Hall–Kier alpha value is -3.38. The van der Waals surface area contributed by atoms with Gasteiger partial charge in [0.05, 0.1) is 27.8 Å². The average Bonchev–Trinajstić information content (AvgIpc) is 3.42. The number of benzene rings is 2. The Morgan fingerprint density at radius 1 is 0.900 bits per heavy atom. The topological polar surface area (TPSA) is 51.8 Å². The Labute approximate surface area is 177 Å². The van der Waals surface area contributed by atoms with Crippen LogP contribution in [0.2, 0.25) is 0 Å². The third-order valence-electron chi connectivity index (χ3n) is 4.90. The summed E-state index contributed by atoms with van der Waals surface area (Å²) in [6.45, 7) is 4.09. The van der Waals surface area contributed by atoms with Gasteiger partial charge in [0.15, 0.2) is 0 Å². The van der Waals surface area contributed by atoms with Crippen molar-refractivity contribution in [2.75, 3.05) is 0 Å². The summed E-state index contributed by atoms with van der Waals surface area (Å²) in [6, 6.07) is 16.3. The molecular formula is C24H18FN3OS. The summed E-state index contributed by atoms with van der Waals surface area (Å²) in [6.07, 6.45) is 2.55. The van der Waals surface area contributed by atoms with Crippen molar-refractivity contribution in [1.29, 1.82) is 0 Å². The van der Waals surface area contributed by atoms with E-state index in [9.17, 15) is 4.39 Å². The van der Waals surface area contributed by atoms with Crippen molar-refractivity contribution in [1.82, 2.24) is 15.0 Å². The van der Waals surface area contributed by atoms with E-state index in [2.05, 4.69) is 18.0 Å². The van der Waals surface area contributed by atoms with E-state index < -0.39 is 0 Å². The SMILES string of the molecule is CCc1cnc(-c2ccc3nc(-c4ccc(F)cc4)c(-c4ccc(C)s4)nc3c2)o1. The van der Waals surface area contributed by atoms with Crippen molar-refractivity contribution in [3.05, 3.63) is 77.2 Å². The summed E-state index contributed by atoms with van der Waals surface area (Å²) in [5, 5.41) is 0. The molecule has 148 valence electrons. The number of aryl methyl sites for hydroxylation is 2. The predicted molar refractivity (Wildman–Crippen MR) is 118 cm³/mol. The Morgan fingerprint density at radius 3 is 2.37 bits per heavy atom. The lowest BCUT2D eigenvalue weighted by Crippen LogP contribution is -1.95.